The van der Waals surface area contributed by atoms with E-state index in [4.69, 9.17) is 9.72 Å². The number of nitrogens with one attached hydrogen (secondary N) is 3. The molecule has 6 heterocycles. The Morgan fingerprint density at radius 3 is 2.24 bits per heavy atom. The Labute approximate surface area is 417 Å². The van der Waals surface area contributed by atoms with E-state index >= 15 is 8.78 Å². The molecule has 3 N–H and O–H groups in total. The summed E-state index contributed by atoms with van der Waals surface area (Å²) in [5.74, 6) is -1.30. The van der Waals surface area contributed by atoms with Crippen LogP contribution < -0.4 is 35.8 Å². The summed E-state index contributed by atoms with van der Waals surface area (Å²) < 4.78 is 50.8. The van der Waals surface area contributed by atoms with Gasteiger partial charge < -0.3 is 34.6 Å². The molecule has 0 bridgehead atoms. The van der Waals surface area contributed by atoms with Gasteiger partial charge in [-0.2, -0.15) is 4.98 Å². The zero-order chi connectivity index (χ0) is 49.3. The van der Waals surface area contributed by atoms with Crippen molar-refractivity contribution in [3.05, 3.63) is 87.8 Å². The SMILES string of the molecule is CCc1cc(Nc2ncc(Br)c(Nc3ccc4cc(C)ncc4c3P(C)(C)=O)n2)c(OC)cc1N1CCC(N2CCN(CCC3CCN(c4cc(F)c(C5CCC(=O)NC5=O)c(F)c4)CC3)CC2)CC1. The predicted octanol–water partition coefficient (Wildman–Crippen LogP) is 9.09. The molecule has 2 aromatic heterocycles. The number of halogens is 3. The molecule has 1 atom stereocenters. The van der Waals surface area contributed by atoms with E-state index in [1.54, 1.807) is 32.8 Å². The summed E-state index contributed by atoms with van der Waals surface area (Å²) in [5, 5.41) is 11.6. The van der Waals surface area contributed by atoms with E-state index in [1.165, 1.54) is 23.4 Å². The van der Waals surface area contributed by atoms with Gasteiger partial charge in [-0.1, -0.05) is 13.0 Å². The van der Waals surface area contributed by atoms with Crippen LogP contribution in [0.15, 0.2) is 59.3 Å². The summed E-state index contributed by atoms with van der Waals surface area (Å²) >= 11 is 3.62. The second kappa shape index (κ2) is 21.2. The van der Waals surface area contributed by atoms with Gasteiger partial charge in [0.1, 0.15) is 30.3 Å². The average molecular weight is 1040 g/mol. The molecule has 4 fully saturated rings. The lowest BCUT2D eigenvalue weighted by Crippen LogP contribution is -2.53. The number of piperidine rings is 3. The molecule has 9 rings (SSSR count). The van der Waals surface area contributed by atoms with Gasteiger partial charge in [0.2, 0.25) is 17.8 Å². The number of rotatable bonds is 14. The molecule has 0 spiro atoms. The lowest BCUT2D eigenvalue weighted by Gasteiger charge is -2.44. The van der Waals surface area contributed by atoms with Crippen LogP contribution in [0.2, 0.25) is 0 Å². The third kappa shape index (κ3) is 11.0. The van der Waals surface area contributed by atoms with Gasteiger partial charge in [0.15, 0.2) is 0 Å². The van der Waals surface area contributed by atoms with E-state index in [0.717, 1.165) is 125 Å². The standard InChI is InChI=1S/C52H64BrF2N10O4P/c1-6-34-26-44(59-52-57-31-40(53)50(61-52)58-43-9-7-35-25-32(2)56-30-39(35)49(43)70(4,5)68)46(69-3)29-45(34)65-19-14-36(15-20-65)64-23-21-62(22-24-64)16-11-33-12-17-63(18-13-33)37-27-41(54)48(42(55)28-37)38-8-10-47(66)60-51(38)67/h7,9,25-31,33,36,38H,6,8,10-24H2,1-5H3,(H,60,66,67)(H2,57,58,59,61). The molecule has 14 nitrogen and oxygen atoms in total. The van der Waals surface area contributed by atoms with Crippen LogP contribution >= 0.6 is 23.1 Å². The molecule has 18 heteroatoms. The fourth-order valence-electron chi connectivity index (χ4n) is 10.9. The number of anilines is 6. The monoisotopic (exact) mass is 1040 g/mol. The molecule has 5 aromatic rings. The number of hydrogen-bond acceptors (Lipinski definition) is 13. The lowest BCUT2D eigenvalue weighted by molar-refractivity contribution is -0.134. The van der Waals surface area contributed by atoms with Crippen LogP contribution in [0.1, 0.15) is 74.6 Å². The molecule has 372 valence electrons. The van der Waals surface area contributed by atoms with Crippen molar-refractivity contribution >= 4 is 85.5 Å². The minimum Gasteiger partial charge on any atom is -0.494 e. The number of imide groups is 1. The number of hydrogen-bond donors (Lipinski definition) is 3. The van der Waals surface area contributed by atoms with E-state index in [0.29, 0.717) is 45.3 Å². The van der Waals surface area contributed by atoms with Crippen LogP contribution in [0.25, 0.3) is 10.8 Å². The summed E-state index contributed by atoms with van der Waals surface area (Å²) in [6, 6.07) is 13.5. The third-order valence-electron chi connectivity index (χ3n) is 14.8. The molecular formula is C52H64BrF2N10O4P. The van der Waals surface area contributed by atoms with E-state index < -0.39 is 36.5 Å². The first-order chi connectivity index (χ1) is 33.6. The predicted molar refractivity (Wildman–Crippen MR) is 279 cm³/mol. The van der Waals surface area contributed by atoms with Crippen molar-refractivity contribution in [1.29, 1.82) is 0 Å². The van der Waals surface area contributed by atoms with Crippen LogP contribution in [0.3, 0.4) is 0 Å². The van der Waals surface area contributed by atoms with Gasteiger partial charge >= 0.3 is 0 Å². The van der Waals surface area contributed by atoms with E-state index in [-0.39, 0.29) is 18.4 Å². The second-order valence-electron chi connectivity index (χ2n) is 19.7. The Kier molecular flexibility index (Phi) is 15.1. The number of piperazine rings is 1. The Bertz CT molecular complexity index is 2790. The maximum Gasteiger partial charge on any atom is 0.234 e. The molecule has 2 amide bonds. The van der Waals surface area contributed by atoms with Crippen molar-refractivity contribution < 1.29 is 27.7 Å². The highest BCUT2D eigenvalue weighted by atomic mass is 79.9. The van der Waals surface area contributed by atoms with Crippen molar-refractivity contribution in [2.24, 2.45) is 5.92 Å². The maximum absolute atomic E-state index is 15.2. The Hall–Kier alpha value is -5.22. The van der Waals surface area contributed by atoms with Crippen LogP contribution in [-0.2, 0) is 20.6 Å². The van der Waals surface area contributed by atoms with Gasteiger partial charge in [0.25, 0.3) is 0 Å². The zero-order valence-electron chi connectivity index (χ0n) is 40.8. The molecule has 4 aliphatic rings. The molecule has 0 aliphatic carbocycles. The molecular weight excluding hydrogens is 978 g/mol. The van der Waals surface area contributed by atoms with Gasteiger partial charge in [-0.05, 0) is 135 Å². The number of fused-ring (bicyclic) bond motifs is 1. The van der Waals surface area contributed by atoms with Crippen molar-refractivity contribution in [3.63, 3.8) is 0 Å². The minimum absolute atomic E-state index is 0.0710. The largest absolute Gasteiger partial charge is 0.494 e. The first-order valence-corrected chi connectivity index (χ1v) is 28.1. The number of nitrogens with zero attached hydrogens (tertiary/aromatic N) is 7. The van der Waals surface area contributed by atoms with Crippen molar-refractivity contribution in [2.75, 3.05) is 99.8 Å². The molecule has 4 saturated heterocycles. The topological polar surface area (TPSA) is 148 Å². The number of aromatic nitrogens is 3. The molecule has 0 saturated carbocycles. The van der Waals surface area contributed by atoms with Gasteiger partial charge in [-0.25, -0.2) is 13.8 Å². The van der Waals surface area contributed by atoms with E-state index in [1.807, 2.05) is 30.0 Å². The number of carbonyl (C=O) groups is 2. The Morgan fingerprint density at radius 2 is 1.57 bits per heavy atom. The molecule has 1 unspecified atom stereocenters. The normalized spacial score (nSPS) is 19.2. The highest BCUT2D eigenvalue weighted by Crippen LogP contribution is 2.43. The van der Waals surface area contributed by atoms with Crippen molar-refractivity contribution in [2.45, 2.75) is 77.2 Å². The minimum atomic E-state index is -2.73. The number of carbonyl (C=O) groups excluding carboxylic acids is 2. The quantitative estimate of drug-likeness (QED) is 0.0719. The van der Waals surface area contributed by atoms with Crippen LogP contribution in [0.4, 0.5) is 43.3 Å². The number of benzene rings is 3. The highest BCUT2D eigenvalue weighted by molar-refractivity contribution is 9.10. The van der Waals surface area contributed by atoms with Gasteiger partial charge in [-0.3, -0.25) is 24.8 Å². The average Bonchev–Trinajstić information content (AvgIpc) is 3.34. The first kappa shape index (κ1) is 49.7. The van der Waals surface area contributed by atoms with Crippen LogP contribution in [-0.4, -0.2) is 122 Å². The summed E-state index contributed by atoms with van der Waals surface area (Å²) in [7, 11) is -1.04. The summed E-state index contributed by atoms with van der Waals surface area (Å²) in [4.78, 5) is 47.7. The van der Waals surface area contributed by atoms with Crippen molar-refractivity contribution in [3.8, 4) is 5.75 Å². The maximum atomic E-state index is 15.2. The summed E-state index contributed by atoms with van der Waals surface area (Å²) in [6.07, 6.45) is 9.77. The smallest absolute Gasteiger partial charge is 0.234 e. The third-order valence-corrected chi connectivity index (χ3v) is 16.9. The van der Waals surface area contributed by atoms with Crippen molar-refractivity contribution in [1.82, 2.24) is 30.1 Å². The van der Waals surface area contributed by atoms with E-state index in [2.05, 4.69) is 75.6 Å². The highest BCUT2D eigenvalue weighted by Gasteiger charge is 2.34. The second-order valence-corrected chi connectivity index (χ2v) is 23.7. The first-order valence-electron chi connectivity index (χ1n) is 24.7. The number of aryl methyl sites for hydroxylation is 2. The fourth-order valence-corrected chi connectivity index (χ4v) is 12.7. The number of amides is 2. The number of pyridine rings is 1. The molecule has 0 radical (unpaired) electrons. The number of methoxy groups -OCH3 is 1. The molecule has 70 heavy (non-hydrogen) atoms. The van der Waals surface area contributed by atoms with Crippen LogP contribution in [0.5, 0.6) is 5.75 Å². The Morgan fingerprint density at radius 1 is 0.857 bits per heavy atom. The fraction of sp³-hybridized carbons (Fsp3) is 0.481. The summed E-state index contributed by atoms with van der Waals surface area (Å²) in [5.41, 5.74) is 5.05. The Balaban J connectivity index is 0.753. The zero-order valence-corrected chi connectivity index (χ0v) is 43.3. The van der Waals surface area contributed by atoms with Gasteiger partial charge in [0, 0.05) is 117 Å². The summed E-state index contributed by atoms with van der Waals surface area (Å²) in [6.45, 7) is 16.4. The lowest BCUT2D eigenvalue weighted by atomic mass is 9.89. The molecule has 4 aliphatic heterocycles. The van der Waals surface area contributed by atoms with Crippen LogP contribution in [0, 0.1) is 24.5 Å². The van der Waals surface area contributed by atoms with Gasteiger partial charge in [-0.15, -0.1) is 0 Å². The number of ether oxygens (including phenoxy) is 1. The molecule has 3 aromatic carbocycles. The van der Waals surface area contributed by atoms with E-state index in [9.17, 15) is 14.2 Å². The van der Waals surface area contributed by atoms with Gasteiger partial charge in [0.05, 0.1) is 28.9 Å².